The van der Waals surface area contributed by atoms with E-state index in [1.54, 1.807) is 12.1 Å². The molecular weight excluding hydrogens is 804 g/mol. The third kappa shape index (κ3) is 12.5. The first-order valence-electron chi connectivity index (χ1n) is 19.3. The van der Waals surface area contributed by atoms with Gasteiger partial charge in [-0.25, -0.2) is 24.9 Å². The van der Waals surface area contributed by atoms with Crippen LogP contribution in [-0.4, -0.2) is 68.3 Å². The van der Waals surface area contributed by atoms with E-state index < -0.39 is 19.0 Å². The van der Waals surface area contributed by atoms with E-state index in [4.69, 9.17) is 39.0 Å². The summed E-state index contributed by atoms with van der Waals surface area (Å²) in [6, 6.07) is 35.0. The molecule has 0 spiro atoms. The SMILES string of the molecule is CCN(CC)c1ccc2nc(-c3ccc(F)nc3)ccc2c1.CCN(CC)c1ccc2nc(Cl)ccc2c1.Nc1ccc2nc(Cl)ccc2c1.OB(O)c1ccc(F)nc1. The van der Waals surface area contributed by atoms with E-state index in [9.17, 15) is 8.78 Å². The van der Waals surface area contributed by atoms with Gasteiger partial charge >= 0.3 is 7.12 Å². The third-order valence-electron chi connectivity index (χ3n) is 9.32. The van der Waals surface area contributed by atoms with Gasteiger partial charge in [0, 0.05) is 82.8 Å². The van der Waals surface area contributed by atoms with Crippen LogP contribution in [0.2, 0.25) is 10.3 Å². The smallest absolute Gasteiger partial charge is 0.423 e. The van der Waals surface area contributed by atoms with Gasteiger partial charge in [0.15, 0.2) is 0 Å². The van der Waals surface area contributed by atoms with Crippen molar-refractivity contribution in [1.82, 2.24) is 24.9 Å². The molecule has 0 bridgehead atoms. The van der Waals surface area contributed by atoms with Crippen LogP contribution in [0.1, 0.15) is 27.7 Å². The van der Waals surface area contributed by atoms with Crippen molar-refractivity contribution < 1.29 is 18.8 Å². The van der Waals surface area contributed by atoms with E-state index in [0.29, 0.717) is 10.3 Å². The van der Waals surface area contributed by atoms with Gasteiger partial charge in [0.1, 0.15) is 10.3 Å². The summed E-state index contributed by atoms with van der Waals surface area (Å²) in [5.74, 6) is -1.11. The maximum Gasteiger partial charge on any atom is 0.490 e. The lowest BCUT2D eigenvalue weighted by Crippen LogP contribution is -2.30. The number of nitrogens with zero attached hydrogens (tertiary/aromatic N) is 7. The third-order valence-corrected chi connectivity index (χ3v) is 9.74. The number of benzene rings is 3. The summed E-state index contributed by atoms with van der Waals surface area (Å²) in [6.07, 6.45) is 2.58. The van der Waals surface area contributed by atoms with Crippen molar-refractivity contribution >= 4 is 85.6 Å². The summed E-state index contributed by atoms with van der Waals surface area (Å²) in [6.45, 7) is 12.6. The van der Waals surface area contributed by atoms with Crippen molar-refractivity contribution in [1.29, 1.82) is 0 Å². The number of nitrogen functional groups attached to an aromatic ring is 1. The van der Waals surface area contributed by atoms with Gasteiger partial charge in [-0.2, -0.15) is 8.78 Å². The highest BCUT2D eigenvalue weighted by molar-refractivity contribution is 6.58. The molecule has 5 aromatic heterocycles. The fourth-order valence-electron chi connectivity index (χ4n) is 6.12. The number of aromatic nitrogens is 5. The van der Waals surface area contributed by atoms with Crippen molar-refractivity contribution in [3.63, 3.8) is 0 Å². The first-order valence-corrected chi connectivity index (χ1v) is 20.0. The predicted molar refractivity (Wildman–Crippen MR) is 244 cm³/mol. The van der Waals surface area contributed by atoms with Gasteiger partial charge in [-0.15, -0.1) is 0 Å². The molecule has 60 heavy (non-hydrogen) atoms. The number of hydrogen-bond acceptors (Lipinski definition) is 10. The fourth-order valence-corrected chi connectivity index (χ4v) is 6.43. The van der Waals surface area contributed by atoms with Crippen LogP contribution in [0.15, 0.2) is 128 Å². The number of nitrogens with two attached hydrogens (primary N) is 1. The standard InChI is InChI=1S/C18H18FN3.C13H15ClN2.C9H7ClN2.C5H5BFNO2/c1-3-22(4-2)15-7-9-16-13(11-15)5-8-17(21-16)14-6-10-18(19)20-12-14;1-3-16(4-2)11-6-7-12-10(9-11)5-8-13(14)15-12;10-9-4-1-6-5-7(11)2-3-8(6)12-9;7-5-2-1-4(3-8-5)6(9)10/h5-12H,3-4H2,1-2H3;5-9H,3-4H2,1-2H3;1-5H,11H2;1-3,9-10H. The highest BCUT2D eigenvalue weighted by atomic mass is 35.5. The Morgan fingerprint density at radius 2 is 1.02 bits per heavy atom. The zero-order chi connectivity index (χ0) is 43.2. The second-order valence-electron chi connectivity index (χ2n) is 13.2. The molecule has 0 atom stereocenters. The van der Waals surface area contributed by atoms with E-state index in [1.807, 2.05) is 60.7 Å². The average Bonchev–Trinajstić information content (AvgIpc) is 3.25. The zero-order valence-corrected chi connectivity index (χ0v) is 35.2. The molecule has 0 aliphatic rings. The maximum absolute atomic E-state index is 12.9. The molecule has 0 unspecified atom stereocenters. The van der Waals surface area contributed by atoms with Crippen molar-refractivity contribution in [3.8, 4) is 11.3 Å². The molecule has 3 aromatic carbocycles. The normalized spacial score (nSPS) is 10.5. The fraction of sp³-hybridized carbons (Fsp3) is 0.178. The Hall–Kier alpha value is -5.99. The molecule has 8 rings (SSSR count). The molecule has 0 saturated carbocycles. The molecule has 0 amide bonds. The largest absolute Gasteiger partial charge is 0.490 e. The lowest BCUT2D eigenvalue weighted by molar-refractivity contribution is 0.425. The Balaban J connectivity index is 0.000000159. The summed E-state index contributed by atoms with van der Waals surface area (Å²) in [4.78, 5) is 24.6. The van der Waals surface area contributed by atoms with Gasteiger partial charge < -0.3 is 25.6 Å². The molecule has 10 nitrogen and oxygen atoms in total. The quantitative estimate of drug-likeness (QED) is 0.0771. The molecule has 4 N–H and O–H groups in total. The molecule has 308 valence electrons. The van der Waals surface area contributed by atoms with E-state index in [1.165, 1.54) is 29.7 Å². The Kier molecular flexibility index (Phi) is 16.4. The summed E-state index contributed by atoms with van der Waals surface area (Å²) in [7, 11) is -1.58. The Morgan fingerprint density at radius 3 is 1.48 bits per heavy atom. The van der Waals surface area contributed by atoms with Crippen molar-refractivity contribution in [2.24, 2.45) is 0 Å². The molecule has 0 saturated heterocycles. The van der Waals surface area contributed by atoms with Crippen molar-refractivity contribution in [2.45, 2.75) is 27.7 Å². The van der Waals surface area contributed by atoms with E-state index in [2.05, 4.69) is 86.7 Å². The van der Waals surface area contributed by atoms with Crippen LogP contribution in [0.25, 0.3) is 44.0 Å². The second kappa shape index (κ2) is 21.9. The van der Waals surface area contributed by atoms with Crippen molar-refractivity contribution in [2.75, 3.05) is 41.7 Å². The van der Waals surface area contributed by atoms with Crippen LogP contribution in [0.5, 0.6) is 0 Å². The predicted octanol–water partition coefficient (Wildman–Crippen LogP) is 9.39. The average molecular weight is 850 g/mol. The molecule has 0 radical (unpaired) electrons. The Labute approximate surface area is 358 Å². The number of pyridine rings is 5. The summed E-state index contributed by atoms with van der Waals surface area (Å²) in [5.41, 5.74) is 13.3. The Bertz CT molecular complexity index is 2580. The van der Waals surface area contributed by atoms with Gasteiger partial charge in [0.25, 0.3) is 0 Å². The van der Waals surface area contributed by atoms with Gasteiger partial charge in [-0.05, 0) is 131 Å². The minimum atomic E-state index is -1.58. The molecule has 0 aliphatic carbocycles. The molecule has 8 aromatic rings. The summed E-state index contributed by atoms with van der Waals surface area (Å²) in [5, 5.41) is 21.3. The lowest BCUT2D eigenvalue weighted by atomic mass is 9.82. The molecule has 0 fully saturated rings. The zero-order valence-electron chi connectivity index (χ0n) is 33.6. The van der Waals surface area contributed by atoms with Crippen LogP contribution >= 0.6 is 23.2 Å². The molecule has 5 heterocycles. The van der Waals surface area contributed by atoms with Crippen LogP contribution in [0.3, 0.4) is 0 Å². The minimum Gasteiger partial charge on any atom is -0.423 e. The number of rotatable bonds is 8. The highest BCUT2D eigenvalue weighted by Crippen LogP contribution is 2.25. The van der Waals surface area contributed by atoms with Crippen LogP contribution in [0, 0.1) is 11.9 Å². The second-order valence-corrected chi connectivity index (χ2v) is 13.9. The molecule has 0 aliphatic heterocycles. The van der Waals surface area contributed by atoms with Crippen LogP contribution < -0.4 is 21.0 Å². The minimum absolute atomic E-state index is 0.182. The number of fused-ring (bicyclic) bond motifs is 3. The van der Waals surface area contributed by atoms with Gasteiger partial charge in [0.05, 0.1) is 22.2 Å². The van der Waals surface area contributed by atoms with E-state index >= 15 is 0 Å². The van der Waals surface area contributed by atoms with Crippen molar-refractivity contribution in [3.05, 3.63) is 150 Å². The first-order chi connectivity index (χ1) is 28.9. The van der Waals surface area contributed by atoms with E-state index in [0.717, 1.165) is 88.1 Å². The van der Waals surface area contributed by atoms with Gasteiger partial charge in [0.2, 0.25) is 11.9 Å². The lowest BCUT2D eigenvalue weighted by Gasteiger charge is -2.21. The van der Waals surface area contributed by atoms with E-state index in [-0.39, 0.29) is 5.46 Å². The molecule has 15 heteroatoms. The van der Waals surface area contributed by atoms with Crippen LogP contribution in [0.4, 0.5) is 25.8 Å². The summed E-state index contributed by atoms with van der Waals surface area (Å²) < 4.78 is 25.0. The van der Waals surface area contributed by atoms with Gasteiger partial charge in [-0.3, -0.25) is 0 Å². The number of hydrogen-bond donors (Lipinski definition) is 3. The maximum atomic E-state index is 12.9. The topological polar surface area (TPSA) is 137 Å². The van der Waals surface area contributed by atoms with Gasteiger partial charge in [-0.1, -0.05) is 35.3 Å². The monoisotopic (exact) mass is 848 g/mol. The summed E-state index contributed by atoms with van der Waals surface area (Å²) >= 11 is 11.6. The number of anilines is 3. The number of halogens is 4. The Morgan fingerprint density at radius 1 is 0.550 bits per heavy atom. The highest BCUT2D eigenvalue weighted by Gasteiger charge is 2.10. The molecular formula is C45H45BCl2F2N8O2. The van der Waals surface area contributed by atoms with Crippen LogP contribution in [-0.2, 0) is 0 Å². The first kappa shape index (κ1) is 45.1.